The van der Waals surface area contributed by atoms with Crippen LogP contribution in [0.15, 0.2) is 29.5 Å². The van der Waals surface area contributed by atoms with E-state index >= 15 is 0 Å². The number of aromatic nitrogens is 2. The van der Waals surface area contributed by atoms with Gasteiger partial charge in [0.25, 0.3) is 0 Å². The molecule has 0 bridgehead atoms. The minimum absolute atomic E-state index is 0.989. The van der Waals surface area contributed by atoms with Gasteiger partial charge in [0.2, 0.25) is 0 Å². The largest absolute Gasteiger partial charge is 0.323 e. The fourth-order valence-electron chi connectivity index (χ4n) is 1.35. The van der Waals surface area contributed by atoms with Crippen molar-refractivity contribution >= 4 is 17.1 Å². The van der Waals surface area contributed by atoms with Crippen molar-refractivity contribution in [1.82, 2.24) is 9.78 Å². The Labute approximate surface area is 75.7 Å². The van der Waals surface area contributed by atoms with Gasteiger partial charge in [-0.1, -0.05) is 6.07 Å². The second-order valence-corrected chi connectivity index (χ2v) is 2.86. The molecule has 0 atom stereocenters. The van der Waals surface area contributed by atoms with Crippen molar-refractivity contribution in [3.05, 3.63) is 30.0 Å². The van der Waals surface area contributed by atoms with E-state index < -0.39 is 0 Å². The van der Waals surface area contributed by atoms with Gasteiger partial charge in [-0.15, -0.1) is 0 Å². The van der Waals surface area contributed by atoms with Crippen molar-refractivity contribution in [2.45, 2.75) is 0 Å². The van der Waals surface area contributed by atoms with E-state index in [0.717, 1.165) is 16.5 Å². The molecule has 1 aromatic carbocycles. The van der Waals surface area contributed by atoms with Gasteiger partial charge in [-0.3, -0.25) is 4.68 Å². The highest BCUT2D eigenvalue weighted by molar-refractivity contribution is 5.88. The Morgan fingerprint density at radius 2 is 2.38 bits per heavy atom. The van der Waals surface area contributed by atoms with E-state index in [1.165, 1.54) is 0 Å². The lowest BCUT2D eigenvalue weighted by Crippen LogP contribution is -1.89. The summed E-state index contributed by atoms with van der Waals surface area (Å²) in [7, 11) is 1.92. The highest BCUT2D eigenvalue weighted by Gasteiger charge is 1.98. The average molecular weight is 174 g/mol. The van der Waals surface area contributed by atoms with Gasteiger partial charge in [-0.2, -0.15) is 10.2 Å². The van der Waals surface area contributed by atoms with Gasteiger partial charge >= 0.3 is 0 Å². The fraction of sp³-hybridized carbons (Fsp3) is 0.111. The third kappa shape index (κ3) is 1.26. The third-order valence-electron chi connectivity index (χ3n) is 1.99. The molecule has 4 nitrogen and oxygen atoms in total. The van der Waals surface area contributed by atoms with Crippen LogP contribution in [0.1, 0.15) is 5.56 Å². The molecule has 4 heteroatoms. The Morgan fingerprint density at radius 3 is 3.15 bits per heavy atom. The van der Waals surface area contributed by atoms with Crippen LogP contribution in [0.4, 0.5) is 0 Å². The van der Waals surface area contributed by atoms with Crippen molar-refractivity contribution in [3.63, 3.8) is 0 Å². The number of fused-ring (bicyclic) bond motifs is 1. The van der Waals surface area contributed by atoms with E-state index in [1.807, 2.05) is 36.1 Å². The summed E-state index contributed by atoms with van der Waals surface area (Å²) in [5.74, 6) is 5.06. The Balaban J connectivity index is 2.63. The molecule has 2 aromatic rings. The Kier molecular flexibility index (Phi) is 1.73. The zero-order valence-corrected chi connectivity index (χ0v) is 7.31. The van der Waals surface area contributed by atoms with Crippen LogP contribution in [-0.2, 0) is 7.05 Å². The molecule has 66 valence electrons. The molecule has 0 aliphatic rings. The highest BCUT2D eigenvalue weighted by Crippen LogP contribution is 2.13. The number of benzene rings is 1. The predicted octanol–water partition coefficient (Wildman–Crippen LogP) is 0.866. The quantitative estimate of drug-likeness (QED) is 0.396. The molecule has 0 saturated heterocycles. The molecular weight excluding hydrogens is 164 g/mol. The molecule has 2 N–H and O–H groups in total. The second kappa shape index (κ2) is 2.90. The first-order valence-electron chi connectivity index (χ1n) is 3.96. The van der Waals surface area contributed by atoms with Gasteiger partial charge in [0.05, 0.1) is 17.9 Å². The topological polar surface area (TPSA) is 56.2 Å². The number of nitrogens with two attached hydrogens (primary N) is 1. The average Bonchev–Trinajstić information content (AvgIpc) is 2.48. The van der Waals surface area contributed by atoms with Crippen LogP contribution in [0.2, 0.25) is 0 Å². The zero-order valence-electron chi connectivity index (χ0n) is 7.31. The van der Waals surface area contributed by atoms with E-state index in [0.29, 0.717) is 0 Å². The van der Waals surface area contributed by atoms with Gasteiger partial charge in [0.15, 0.2) is 0 Å². The number of aryl methyl sites for hydroxylation is 1. The Hall–Kier alpha value is -1.84. The van der Waals surface area contributed by atoms with E-state index in [2.05, 4.69) is 10.2 Å². The maximum absolute atomic E-state index is 5.06. The Bertz CT molecular complexity index is 456. The molecule has 2 rings (SSSR count). The number of hydrazone groups is 1. The SMILES string of the molecule is Cn1ncc2cc(C=NN)ccc21. The van der Waals surface area contributed by atoms with E-state index in [9.17, 15) is 0 Å². The molecule has 0 radical (unpaired) electrons. The Morgan fingerprint density at radius 1 is 1.54 bits per heavy atom. The summed E-state index contributed by atoms with van der Waals surface area (Å²) < 4.78 is 1.83. The lowest BCUT2D eigenvalue weighted by Gasteiger charge is -1.94. The lowest BCUT2D eigenvalue weighted by molar-refractivity contribution is 0.797. The fourth-order valence-corrected chi connectivity index (χ4v) is 1.35. The molecule has 13 heavy (non-hydrogen) atoms. The van der Waals surface area contributed by atoms with Crippen LogP contribution in [-0.4, -0.2) is 16.0 Å². The van der Waals surface area contributed by atoms with E-state index in [-0.39, 0.29) is 0 Å². The number of nitrogens with zero attached hydrogens (tertiary/aromatic N) is 3. The van der Waals surface area contributed by atoms with E-state index in [4.69, 9.17) is 5.84 Å². The summed E-state index contributed by atoms with van der Waals surface area (Å²) >= 11 is 0. The third-order valence-corrected chi connectivity index (χ3v) is 1.99. The molecule has 1 aromatic heterocycles. The van der Waals surface area contributed by atoms with Crippen molar-refractivity contribution in [1.29, 1.82) is 0 Å². The molecular formula is C9H10N4. The molecule has 0 spiro atoms. The maximum atomic E-state index is 5.06. The van der Waals surface area contributed by atoms with Gasteiger partial charge in [-0.25, -0.2) is 0 Å². The van der Waals surface area contributed by atoms with Gasteiger partial charge in [0.1, 0.15) is 0 Å². The van der Waals surface area contributed by atoms with Crippen molar-refractivity contribution in [2.75, 3.05) is 0 Å². The van der Waals surface area contributed by atoms with Crippen LogP contribution in [0.5, 0.6) is 0 Å². The molecule has 0 aliphatic heterocycles. The summed E-state index contributed by atoms with van der Waals surface area (Å²) in [6, 6.07) is 5.96. The van der Waals surface area contributed by atoms with E-state index in [1.54, 1.807) is 6.21 Å². The molecule has 0 amide bonds. The molecule has 0 aliphatic carbocycles. The standard InChI is InChI=1S/C9H10N4/c1-13-9-3-2-7(5-11-10)4-8(9)6-12-13/h2-6H,10H2,1H3. The molecule has 1 heterocycles. The van der Waals surface area contributed by atoms with Gasteiger partial charge in [0, 0.05) is 12.4 Å². The van der Waals surface area contributed by atoms with Crippen LogP contribution < -0.4 is 5.84 Å². The van der Waals surface area contributed by atoms with Crippen LogP contribution in [0.25, 0.3) is 10.9 Å². The second-order valence-electron chi connectivity index (χ2n) is 2.86. The first kappa shape index (κ1) is 7.79. The first-order chi connectivity index (χ1) is 6.31. The zero-order chi connectivity index (χ0) is 9.26. The summed E-state index contributed by atoms with van der Waals surface area (Å²) in [5.41, 5.74) is 2.09. The van der Waals surface area contributed by atoms with Crippen molar-refractivity contribution in [3.8, 4) is 0 Å². The van der Waals surface area contributed by atoms with Crippen molar-refractivity contribution in [2.24, 2.45) is 18.0 Å². The minimum atomic E-state index is 0.989. The number of hydrogen-bond donors (Lipinski definition) is 1. The summed E-state index contributed by atoms with van der Waals surface area (Å²) in [6.45, 7) is 0. The normalized spacial score (nSPS) is 11.5. The summed E-state index contributed by atoms with van der Waals surface area (Å²) in [5, 5.41) is 8.70. The summed E-state index contributed by atoms with van der Waals surface area (Å²) in [4.78, 5) is 0. The monoisotopic (exact) mass is 174 g/mol. The highest BCUT2D eigenvalue weighted by atomic mass is 15.2. The number of rotatable bonds is 1. The first-order valence-corrected chi connectivity index (χ1v) is 3.96. The minimum Gasteiger partial charge on any atom is -0.323 e. The van der Waals surface area contributed by atoms with Gasteiger partial charge in [-0.05, 0) is 17.7 Å². The van der Waals surface area contributed by atoms with Crippen LogP contribution in [0, 0.1) is 0 Å². The maximum Gasteiger partial charge on any atom is 0.0679 e. The lowest BCUT2D eigenvalue weighted by atomic mass is 10.2. The molecule has 0 fully saturated rings. The van der Waals surface area contributed by atoms with Crippen LogP contribution in [0.3, 0.4) is 0 Å². The molecule has 0 unspecified atom stereocenters. The number of hydrogen-bond acceptors (Lipinski definition) is 3. The van der Waals surface area contributed by atoms with Gasteiger partial charge < -0.3 is 5.84 Å². The summed E-state index contributed by atoms with van der Waals surface area (Å²) in [6.07, 6.45) is 3.44. The predicted molar refractivity (Wildman–Crippen MR) is 52.5 cm³/mol. The van der Waals surface area contributed by atoms with Crippen LogP contribution >= 0.6 is 0 Å². The molecule has 0 saturated carbocycles. The van der Waals surface area contributed by atoms with Crippen molar-refractivity contribution < 1.29 is 0 Å². The smallest absolute Gasteiger partial charge is 0.0679 e.